The van der Waals surface area contributed by atoms with Crippen LogP contribution in [-0.4, -0.2) is 38.3 Å². The van der Waals surface area contributed by atoms with Crippen molar-refractivity contribution in [3.63, 3.8) is 0 Å². The van der Waals surface area contributed by atoms with Crippen molar-refractivity contribution in [3.05, 3.63) is 23.8 Å². The Hall–Kier alpha value is -1.74. The summed E-state index contributed by atoms with van der Waals surface area (Å²) in [4.78, 5) is 10.5. The van der Waals surface area contributed by atoms with Crippen LogP contribution in [0.5, 0.6) is 0 Å². The molecule has 1 aromatic carbocycles. The Bertz CT molecular complexity index is 649. The van der Waals surface area contributed by atoms with Gasteiger partial charge >= 0.3 is 0 Å². The van der Waals surface area contributed by atoms with E-state index in [4.69, 9.17) is 5.73 Å². The molecule has 0 aliphatic carbocycles. The number of rotatable bonds is 2. The minimum atomic E-state index is -4.16. The van der Waals surface area contributed by atoms with Gasteiger partial charge in [-0.25, -0.2) is 17.2 Å². The zero-order chi connectivity index (χ0) is 14.9. The fraction of sp³-hybridized carbons (Fsp3) is 0.364. The molecule has 2 rings (SSSR count). The van der Waals surface area contributed by atoms with E-state index in [0.717, 1.165) is 16.4 Å². The van der Waals surface area contributed by atoms with E-state index < -0.39 is 32.2 Å². The Morgan fingerprint density at radius 3 is 2.65 bits per heavy atom. The molecule has 110 valence electrons. The van der Waals surface area contributed by atoms with Gasteiger partial charge in [0.2, 0.25) is 15.9 Å². The van der Waals surface area contributed by atoms with Crippen molar-refractivity contribution in [2.24, 2.45) is 0 Å². The number of hydrogen-bond acceptors (Lipinski definition) is 4. The second kappa shape index (κ2) is 5.33. The Morgan fingerprint density at radius 2 is 1.95 bits per heavy atom. The lowest BCUT2D eigenvalue weighted by molar-refractivity contribution is -0.120. The first-order chi connectivity index (χ1) is 9.34. The minimum Gasteiger partial charge on any atom is -0.394 e. The smallest absolute Gasteiger partial charge is 0.246 e. The monoisotopic (exact) mass is 305 g/mol. The second-order valence-electron chi connectivity index (χ2n) is 4.28. The maximum atomic E-state index is 13.8. The number of nitrogens with zero attached hydrogens (tertiary/aromatic N) is 1. The first-order valence-electron chi connectivity index (χ1n) is 5.84. The first kappa shape index (κ1) is 14.7. The molecule has 1 aliphatic rings. The average molecular weight is 305 g/mol. The molecule has 0 radical (unpaired) electrons. The van der Waals surface area contributed by atoms with Crippen LogP contribution in [-0.2, 0) is 14.8 Å². The average Bonchev–Trinajstić information content (AvgIpc) is 2.61. The van der Waals surface area contributed by atoms with E-state index in [1.807, 2.05) is 0 Å². The van der Waals surface area contributed by atoms with Crippen LogP contribution >= 0.6 is 0 Å². The molecule has 20 heavy (non-hydrogen) atoms. The SMILES string of the molecule is Nc1c(F)ccc(S(=O)(=O)N2CCNC(=O)CC2)c1F. The highest BCUT2D eigenvalue weighted by molar-refractivity contribution is 7.89. The van der Waals surface area contributed by atoms with E-state index in [-0.39, 0.29) is 32.0 Å². The highest BCUT2D eigenvalue weighted by Gasteiger charge is 2.30. The van der Waals surface area contributed by atoms with Crippen LogP contribution in [0.25, 0.3) is 0 Å². The minimum absolute atomic E-state index is 0.0163. The van der Waals surface area contributed by atoms with Crippen LogP contribution in [0.4, 0.5) is 14.5 Å². The van der Waals surface area contributed by atoms with E-state index >= 15 is 0 Å². The quantitative estimate of drug-likeness (QED) is 0.756. The fourth-order valence-electron chi connectivity index (χ4n) is 1.87. The van der Waals surface area contributed by atoms with Gasteiger partial charge in [0.05, 0.1) is 0 Å². The molecule has 0 spiro atoms. The van der Waals surface area contributed by atoms with Gasteiger partial charge in [-0.1, -0.05) is 0 Å². The standard InChI is InChI=1S/C11H13F2N3O3S/c12-7-1-2-8(10(13)11(7)14)20(18,19)16-5-3-9(17)15-4-6-16/h1-2H,3-6,14H2,(H,15,17). The molecule has 1 heterocycles. The van der Waals surface area contributed by atoms with Gasteiger partial charge in [0.1, 0.15) is 16.4 Å². The summed E-state index contributed by atoms with van der Waals surface area (Å²) in [7, 11) is -4.16. The summed E-state index contributed by atoms with van der Waals surface area (Å²) in [5, 5.41) is 2.51. The highest BCUT2D eigenvalue weighted by atomic mass is 32.2. The van der Waals surface area contributed by atoms with E-state index in [2.05, 4.69) is 5.32 Å². The van der Waals surface area contributed by atoms with E-state index in [0.29, 0.717) is 0 Å². The predicted molar refractivity (Wildman–Crippen MR) is 67.2 cm³/mol. The number of benzene rings is 1. The zero-order valence-corrected chi connectivity index (χ0v) is 11.2. The Kier molecular flexibility index (Phi) is 3.91. The lowest BCUT2D eigenvalue weighted by atomic mass is 10.3. The van der Waals surface area contributed by atoms with Crippen molar-refractivity contribution in [2.75, 3.05) is 25.4 Å². The molecule has 0 aromatic heterocycles. The van der Waals surface area contributed by atoms with Crippen LogP contribution in [0.15, 0.2) is 17.0 Å². The van der Waals surface area contributed by atoms with Crippen molar-refractivity contribution in [1.29, 1.82) is 0 Å². The topological polar surface area (TPSA) is 92.5 Å². The Labute approximate surface area is 114 Å². The molecule has 3 N–H and O–H groups in total. The number of anilines is 1. The maximum absolute atomic E-state index is 13.8. The van der Waals surface area contributed by atoms with Crippen molar-refractivity contribution < 1.29 is 22.0 Å². The van der Waals surface area contributed by atoms with Crippen molar-refractivity contribution in [1.82, 2.24) is 9.62 Å². The van der Waals surface area contributed by atoms with Gasteiger partial charge in [-0.15, -0.1) is 0 Å². The molecule has 0 saturated carbocycles. The van der Waals surface area contributed by atoms with E-state index in [1.165, 1.54) is 0 Å². The van der Waals surface area contributed by atoms with Crippen LogP contribution < -0.4 is 11.1 Å². The third-order valence-electron chi connectivity index (χ3n) is 2.98. The van der Waals surface area contributed by atoms with Gasteiger partial charge in [-0.05, 0) is 12.1 Å². The van der Waals surface area contributed by atoms with Gasteiger partial charge in [-0.3, -0.25) is 4.79 Å². The largest absolute Gasteiger partial charge is 0.394 e. The number of sulfonamides is 1. The molecule has 1 fully saturated rings. The second-order valence-corrected chi connectivity index (χ2v) is 6.18. The van der Waals surface area contributed by atoms with Gasteiger partial charge < -0.3 is 11.1 Å². The van der Waals surface area contributed by atoms with Crippen molar-refractivity contribution in [3.8, 4) is 0 Å². The molecular weight excluding hydrogens is 292 g/mol. The Morgan fingerprint density at radius 1 is 1.25 bits per heavy atom. The number of amides is 1. The molecule has 0 unspecified atom stereocenters. The Balaban J connectivity index is 2.40. The summed E-state index contributed by atoms with van der Waals surface area (Å²) in [6, 6.07) is 1.63. The highest BCUT2D eigenvalue weighted by Crippen LogP contribution is 2.25. The third-order valence-corrected chi connectivity index (χ3v) is 4.90. The first-order valence-corrected chi connectivity index (χ1v) is 7.28. The summed E-state index contributed by atoms with van der Waals surface area (Å²) in [5.74, 6) is -2.61. The summed E-state index contributed by atoms with van der Waals surface area (Å²) < 4.78 is 52.5. The zero-order valence-electron chi connectivity index (χ0n) is 10.4. The van der Waals surface area contributed by atoms with Gasteiger partial charge in [0.15, 0.2) is 5.82 Å². The van der Waals surface area contributed by atoms with E-state index in [9.17, 15) is 22.0 Å². The number of halogens is 2. The number of nitrogen functional groups attached to an aromatic ring is 1. The van der Waals surface area contributed by atoms with Gasteiger partial charge in [0, 0.05) is 26.1 Å². The number of hydrogen-bond donors (Lipinski definition) is 2. The normalized spacial score (nSPS) is 17.6. The molecule has 1 aromatic rings. The number of nitrogens with one attached hydrogen (secondary N) is 1. The molecular formula is C11H13F2N3O3S. The molecule has 1 saturated heterocycles. The predicted octanol–water partition coefficient (Wildman–Crippen LogP) is 0.0576. The summed E-state index contributed by atoms with van der Waals surface area (Å²) in [5.41, 5.74) is 4.32. The fourth-order valence-corrected chi connectivity index (χ4v) is 3.39. The molecule has 1 aliphatic heterocycles. The third kappa shape index (κ3) is 2.59. The summed E-state index contributed by atoms with van der Waals surface area (Å²) >= 11 is 0. The number of nitrogens with two attached hydrogens (primary N) is 1. The van der Waals surface area contributed by atoms with Gasteiger partial charge in [-0.2, -0.15) is 4.31 Å². The van der Waals surface area contributed by atoms with Crippen LogP contribution in [0.1, 0.15) is 6.42 Å². The molecule has 0 atom stereocenters. The lowest BCUT2D eigenvalue weighted by Crippen LogP contribution is -2.34. The lowest BCUT2D eigenvalue weighted by Gasteiger charge is -2.19. The molecule has 9 heteroatoms. The van der Waals surface area contributed by atoms with Crippen LogP contribution in [0.3, 0.4) is 0 Å². The van der Waals surface area contributed by atoms with Crippen molar-refractivity contribution >= 4 is 21.6 Å². The van der Waals surface area contributed by atoms with E-state index in [1.54, 1.807) is 0 Å². The summed E-state index contributed by atoms with van der Waals surface area (Å²) in [6.45, 7) is 0.0893. The van der Waals surface area contributed by atoms with Crippen molar-refractivity contribution in [2.45, 2.75) is 11.3 Å². The maximum Gasteiger partial charge on any atom is 0.246 e. The molecule has 6 nitrogen and oxygen atoms in total. The number of carbonyl (C=O) groups excluding carboxylic acids is 1. The van der Waals surface area contributed by atoms with Crippen LogP contribution in [0, 0.1) is 11.6 Å². The summed E-state index contributed by atoms with van der Waals surface area (Å²) in [6.07, 6.45) is -0.0163. The van der Waals surface area contributed by atoms with Crippen LogP contribution in [0.2, 0.25) is 0 Å². The number of carbonyl (C=O) groups is 1. The molecule has 0 bridgehead atoms. The molecule has 1 amide bonds. The van der Waals surface area contributed by atoms with Gasteiger partial charge in [0.25, 0.3) is 0 Å².